The SMILES string of the molecule is C[C@H](NC(=O)NC[C@H]1CC[C@H](O)C1)c1ccc(Cl)cc1Cl. The fraction of sp³-hybridized carbons (Fsp3) is 0.533. The highest BCUT2D eigenvalue weighted by atomic mass is 35.5. The van der Waals surface area contributed by atoms with Gasteiger partial charge in [-0.15, -0.1) is 0 Å². The summed E-state index contributed by atoms with van der Waals surface area (Å²) in [4.78, 5) is 11.9. The fourth-order valence-corrected chi connectivity index (χ4v) is 3.22. The predicted octanol–water partition coefficient (Wildman–Crippen LogP) is 3.51. The van der Waals surface area contributed by atoms with Gasteiger partial charge in [-0.05, 0) is 49.8 Å². The average Bonchev–Trinajstić information content (AvgIpc) is 2.82. The number of halogens is 2. The number of aliphatic hydroxyl groups excluding tert-OH is 1. The fourth-order valence-electron chi connectivity index (χ4n) is 2.65. The highest BCUT2D eigenvalue weighted by Crippen LogP contribution is 2.26. The first-order valence-corrected chi connectivity index (χ1v) is 7.88. The Hall–Kier alpha value is -0.970. The minimum atomic E-state index is -0.227. The lowest BCUT2D eigenvalue weighted by atomic mass is 10.1. The predicted molar refractivity (Wildman–Crippen MR) is 84.8 cm³/mol. The largest absolute Gasteiger partial charge is 0.393 e. The Bertz CT molecular complexity index is 510. The molecule has 2 amide bonds. The van der Waals surface area contributed by atoms with E-state index in [0.717, 1.165) is 24.8 Å². The molecule has 116 valence electrons. The number of amides is 2. The first-order valence-electron chi connectivity index (χ1n) is 7.13. The highest BCUT2D eigenvalue weighted by molar-refractivity contribution is 6.35. The molecule has 6 heteroatoms. The van der Waals surface area contributed by atoms with Gasteiger partial charge in [0.1, 0.15) is 0 Å². The quantitative estimate of drug-likeness (QED) is 0.791. The summed E-state index contributed by atoms with van der Waals surface area (Å²) in [5, 5.41) is 16.3. The van der Waals surface area contributed by atoms with E-state index in [4.69, 9.17) is 23.2 Å². The smallest absolute Gasteiger partial charge is 0.315 e. The van der Waals surface area contributed by atoms with Crippen LogP contribution in [0.3, 0.4) is 0 Å². The van der Waals surface area contributed by atoms with E-state index in [0.29, 0.717) is 22.5 Å². The van der Waals surface area contributed by atoms with Crippen LogP contribution in [0.15, 0.2) is 18.2 Å². The minimum Gasteiger partial charge on any atom is -0.393 e. The molecule has 1 fully saturated rings. The maximum absolute atomic E-state index is 11.9. The third-order valence-electron chi connectivity index (χ3n) is 3.84. The average molecular weight is 331 g/mol. The van der Waals surface area contributed by atoms with Gasteiger partial charge in [0, 0.05) is 16.6 Å². The van der Waals surface area contributed by atoms with Crippen LogP contribution < -0.4 is 10.6 Å². The van der Waals surface area contributed by atoms with Crippen LogP contribution in [0.5, 0.6) is 0 Å². The van der Waals surface area contributed by atoms with Crippen LogP contribution in [0.4, 0.5) is 4.79 Å². The standard InChI is InChI=1S/C15H20Cl2N2O2/c1-9(13-5-3-11(16)7-14(13)17)19-15(21)18-8-10-2-4-12(20)6-10/h3,5,7,9-10,12,20H,2,4,6,8H2,1H3,(H2,18,19,21)/t9-,10-,12-/m0/s1. The molecular weight excluding hydrogens is 311 g/mol. The maximum atomic E-state index is 11.9. The second-order valence-corrected chi connectivity index (χ2v) is 6.42. The van der Waals surface area contributed by atoms with Crippen LogP contribution in [-0.2, 0) is 0 Å². The van der Waals surface area contributed by atoms with Gasteiger partial charge in [0.05, 0.1) is 12.1 Å². The van der Waals surface area contributed by atoms with Crippen molar-refractivity contribution >= 4 is 29.2 Å². The molecule has 1 aromatic rings. The van der Waals surface area contributed by atoms with E-state index in [1.807, 2.05) is 13.0 Å². The molecular formula is C15H20Cl2N2O2. The summed E-state index contributed by atoms with van der Waals surface area (Å²) in [5.41, 5.74) is 0.826. The Labute approximate surface area is 134 Å². The Morgan fingerprint density at radius 2 is 2.19 bits per heavy atom. The van der Waals surface area contributed by atoms with E-state index >= 15 is 0 Å². The zero-order valence-electron chi connectivity index (χ0n) is 11.9. The summed E-state index contributed by atoms with van der Waals surface area (Å²) >= 11 is 12.0. The zero-order valence-corrected chi connectivity index (χ0v) is 13.4. The normalized spacial score (nSPS) is 22.9. The summed E-state index contributed by atoms with van der Waals surface area (Å²) in [6, 6.07) is 4.79. The third-order valence-corrected chi connectivity index (χ3v) is 4.40. The molecule has 3 atom stereocenters. The zero-order chi connectivity index (χ0) is 15.4. The molecule has 0 saturated heterocycles. The summed E-state index contributed by atoms with van der Waals surface area (Å²) in [5.74, 6) is 0.361. The number of hydrogen-bond donors (Lipinski definition) is 3. The van der Waals surface area contributed by atoms with Crippen molar-refractivity contribution in [2.24, 2.45) is 5.92 Å². The van der Waals surface area contributed by atoms with E-state index in [1.54, 1.807) is 12.1 Å². The molecule has 1 aliphatic rings. The van der Waals surface area contributed by atoms with Gasteiger partial charge in [0.25, 0.3) is 0 Å². The number of nitrogens with one attached hydrogen (secondary N) is 2. The van der Waals surface area contributed by atoms with Crippen molar-refractivity contribution in [2.45, 2.75) is 38.3 Å². The Morgan fingerprint density at radius 1 is 1.43 bits per heavy atom. The van der Waals surface area contributed by atoms with Crippen molar-refractivity contribution in [1.29, 1.82) is 0 Å². The minimum absolute atomic E-state index is 0.205. The van der Waals surface area contributed by atoms with Crippen molar-refractivity contribution in [1.82, 2.24) is 10.6 Å². The van der Waals surface area contributed by atoms with Crippen molar-refractivity contribution in [3.63, 3.8) is 0 Å². The third kappa shape index (κ3) is 4.77. The van der Waals surface area contributed by atoms with Gasteiger partial charge >= 0.3 is 6.03 Å². The number of benzene rings is 1. The van der Waals surface area contributed by atoms with Crippen LogP contribution in [0.25, 0.3) is 0 Å². The van der Waals surface area contributed by atoms with Gasteiger partial charge in [-0.25, -0.2) is 4.79 Å². The maximum Gasteiger partial charge on any atom is 0.315 e. The topological polar surface area (TPSA) is 61.4 Å². The Kier molecular flexibility index (Phi) is 5.73. The summed E-state index contributed by atoms with van der Waals surface area (Å²) in [6.07, 6.45) is 2.33. The molecule has 21 heavy (non-hydrogen) atoms. The van der Waals surface area contributed by atoms with Gasteiger partial charge in [0.2, 0.25) is 0 Å². The first kappa shape index (κ1) is 16.4. The lowest BCUT2D eigenvalue weighted by Gasteiger charge is -2.17. The van der Waals surface area contributed by atoms with E-state index < -0.39 is 0 Å². The van der Waals surface area contributed by atoms with Crippen LogP contribution in [0.2, 0.25) is 10.0 Å². The number of urea groups is 1. The molecule has 0 aliphatic heterocycles. The van der Waals surface area contributed by atoms with E-state index in [-0.39, 0.29) is 18.2 Å². The lowest BCUT2D eigenvalue weighted by molar-refractivity contribution is 0.177. The van der Waals surface area contributed by atoms with Crippen LogP contribution >= 0.6 is 23.2 Å². The number of aliphatic hydroxyl groups is 1. The van der Waals surface area contributed by atoms with Crippen molar-refractivity contribution in [2.75, 3.05) is 6.54 Å². The second-order valence-electron chi connectivity index (χ2n) is 5.57. The molecule has 0 heterocycles. The van der Waals surface area contributed by atoms with Crippen LogP contribution in [-0.4, -0.2) is 23.8 Å². The number of carbonyl (C=O) groups excluding carboxylic acids is 1. The second kappa shape index (κ2) is 7.34. The summed E-state index contributed by atoms with van der Waals surface area (Å²) < 4.78 is 0. The monoisotopic (exact) mass is 330 g/mol. The summed E-state index contributed by atoms with van der Waals surface area (Å²) in [6.45, 7) is 2.46. The number of rotatable bonds is 4. The highest BCUT2D eigenvalue weighted by Gasteiger charge is 2.23. The Balaban J connectivity index is 1.81. The van der Waals surface area contributed by atoms with Gasteiger partial charge in [-0.3, -0.25) is 0 Å². The summed E-state index contributed by atoms with van der Waals surface area (Å²) in [7, 11) is 0. The van der Waals surface area contributed by atoms with Gasteiger partial charge in [0.15, 0.2) is 0 Å². The van der Waals surface area contributed by atoms with E-state index in [9.17, 15) is 9.90 Å². The Morgan fingerprint density at radius 3 is 2.81 bits per heavy atom. The first-order chi connectivity index (χ1) is 9.95. The molecule has 2 rings (SSSR count). The molecule has 1 aliphatic carbocycles. The van der Waals surface area contributed by atoms with Crippen LogP contribution in [0, 0.1) is 5.92 Å². The van der Waals surface area contributed by atoms with E-state index in [2.05, 4.69) is 10.6 Å². The molecule has 1 saturated carbocycles. The van der Waals surface area contributed by atoms with Gasteiger partial charge in [-0.1, -0.05) is 29.3 Å². The molecule has 0 aromatic heterocycles. The molecule has 0 bridgehead atoms. The molecule has 0 radical (unpaired) electrons. The molecule has 3 N–H and O–H groups in total. The molecule has 1 aromatic carbocycles. The van der Waals surface area contributed by atoms with Crippen molar-refractivity contribution in [3.05, 3.63) is 33.8 Å². The number of hydrogen-bond acceptors (Lipinski definition) is 2. The molecule has 0 spiro atoms. The molecule has 4 nitrogen and oxygen atoms in total. The van der Waals surface area contributed by atoms with Gasteiger partial charge in [-0.2, -0.15) is 0 Å². The number of carbonyl (C=O) groups is 1. The van der Waals surface area contributed by atoms with Crippen LogP contribution in [0.1, 0.15) is 37.8 Å². The molecule has 0 unspecified atom stereocenters. The van der Waals surface area contributed by atoms with E-state index in [1.165, 1.54) is 0 Å². The lowest BCUT2D eigenvalue weighted by Crippen LogP contribution is -2.39. The van der Waals surface area contributed by atoms with Crippen molar-refractivity contribution < 1.29 is 9.90 Å². The van der Waals surface area contributed by atoms with Gasteiger partial charge < -0.3 is 15.7 Å². The van der Waals surface area contributed by atoms with Crippen molar-refractivity contribution in [3.8, 4) is 0 Å².